The lowest BCUT2D eigenvalue weighted by molar-refractivity contribution is -0.137. The van der Waals surface area contributed by atoms with Crippen molar-refractivity contribution in [2.75, 3.05) is 19.9 Å². The van der Waals surface area contributed by atoms with Crippen molar-refractivity contribution in [1.29, 1.82) is 0 Å². The van der Waals surface area contributed by atoms with Crippen molar-refractivity contribution in [3.8, 4) is 17.2 Å². The summed E-state index contributed by atoms with van der Waals surface area (Å²) in [5.41, 5.74) is 0.0383. The molecule has 2 aromatic carbocycles. The van der Waals surface area contributed by atoms with Crippen LogP contribution in [0.25, 0.3) is 0 Å². The Kier molecular flexibility index (Phi) is 5.22. The minimum atomic E-state index is -4.33. The third-order valence-corrected chi connectivity index (χ3v) is 6.45. The zero-order valence-corrected chi connectivity index (χ0v) is 16.8. The molecule has 0 spiro atoms. The molecule has 2 aromatic rings. The van der Waals surface area contributed by atoms with E-state index in [-0.39, 0.29) is 12.9 Å². The number of likely N-dealkylation sites (tertiary alicyclic amines) is 1. The average molecular weight is 435 g/mol. The van der Waals surface area contributed by atoms with Gasteiger partial charge in [-0.1, -0.05) is 18.2 Å². The fourth-order valence-electron chi connectivity index (χ4n) is 4.97. The van der Waals surface area contributed by atoms with E-state index in [2.05, 4.69) is 4.90 Å². The number of hydrogen-bond donors (Lipinski definition) is 1. The van der Waals surface area contributed by atoms with Gasteiger partial charge in [-0.3, -0.25) is 4.90 Å². The van der Waals surface area contributed by atoms with Crippen LogP contribution >= 0.6 is 0 Å². The first-order valence-electron chi connectivity index (χ1n) is 10.5. The Morgan fingerprint density at radius 3 is 2.58 bits per heavy atom. The van der Waals surface area contributed by atoms with Crippen LogP contribution in [-0.4, -0.2) is 42.1 Å². The zero-order valence-electron chi connectivity index (χ0n) is 16.8. The Morgan fingerprint density at radius 1 is 1.00 bits per heavy atom. The normalized spacial score (nSPS) is 27.9. The standard InChI is InChI=1S/C23H24F3NO4/c24-23(25,26)17-3-1-2-14(6-17)10-27-11-15-7-19(28)21(8-16(15)12-27)31-18-4-5-20-22(9-18)30-13-29-20/h1-6,9,15-16,19,21,28H,7-8,10-13H2/t15-,16+,19+,21+/m0/s1. The average Bonchev–Trinajstić information content (AvgIpc) is 3.33. The minimum absolute atomic E-state index is 0.191. The smallest absolute Gasteiger partial charge is 0.416 e. The maximum Gasteiger partial charge on any atom is 0.416 e. The van der Waals surface area contributed by atoms with E-state index in [0.717, 1.165) is 19.2 Å². The van der Waals surface area contributed by atoms with Crippen molar-refractivity contribution >= 4 is 0 Å². The van der Waals surface area contributed by atoms with Crippen LogP contribution in [0, 0.1) is 11.8 Å². The highest BCUT2D eigenvalue weighted by Crippen LogP contribution is 2.40. The highest BCUT2D eigenvalue weighted by atomic mass is 19.4. The van der Waals surface area contributed by atoms with Crippen molar-refractivity contribution < 1.29 is 32.5 Å². The molecule has 166 valence electrons. The molecule has 0 unspecified atom stereocenters. The highest BCUT2D eigenvalue weighted by Gasteiger charge is 2.42. The third-order valence-electron chi connectivity index (χ3n) is 6.45. The lowest BCUT2D eigenvalue weighted by Gasteiger charge is -2.35. The second-order valence-electron chi connectivity index (χ2n) is 8.62. The second kappa shape index (κ2) is 7.91. The quantitative estimate of drug-likeness (QED) is 0.784. The van der Waals surface area contributed by atoms with Gasteiger partial charge in [0.15, 0.2) is 11.5 Å². The second-order valence-corrected chi connectivity index (χ2v) is 8.62. The van der Waals surface area contributed by atoms with Crippen LogP contribution in [0.15, 0.2) is 42.5 Å². The molecule has 5 rings (SSSR count). The Bertz CT molecular complexity index is 951. The maximum atomic E-state index is 13.0. The molecule has 1 N–H and O–H groups in total. The summed E-state index contributed by atoms with van der Waals surface area (Å²) in [5, 5.41) is 10.6. The molecular formula is C23H24F3NO4. The van der Waals surface area contributed by atoms with Crippen LogP contribution in [0.5, 0.6) is 17.2 Å². The Morgan fingerprint density at radius 2 is 1.77 bits per heavy atom. The van der Waals surface area contributed by atoms with Crippen molar-refractivity contribution in [1.82, 2.24) is 4.90 Å². The first-order valence-corrected chi connectivity index (χ1v) is 10.5. The van der Waals surface area contributed by atoms with Gasteiger partial charge in [0.05, 0.1) is 11.7 Å². The molecule has 3 aliphatic rings. The Balaban J connectivity index is 1.22. The lowest BCUT2D eigenvalue weighted by atomic mass is 9.78. The molecule has 0 aromatic heterocycles. The summed E-state index contributed by atoms with van der Waals surface area (Å²) < 4.78 is 55.7. The summed E-state index contributed by atoms with van der Waals surface area (Å²) in [6.07, 6.45) is -3.91. The SMILES string of the molecule is O[C@@H]1C[C@H]2CN(Cc3cccc(C(F)(F)F)c3)C[C@H]2C[C@H]1Oc1ccc2c(c1)OCO2. The molecule has 1 saturated carbocycles. The van der Waals surface area contributed by atoms with Gasteiger partial charge in [-0.25, -0.2) is 0 Å². The molecular weight excluding hydrogens is 411 g/mol. The van der Waals surface area contributed by atoms with Crippen molar-refractivity contribution in [3.63, 3.8) is 0 Å². The molecule has 2 fully saturated rings. The maximum absolute atomic E-state index is 13.0. The molecule has 5 nitrogen and oxygen atoms in total. The number of fused-ring (bicyclic) bond motifs is 2. The summed E-state index contributed by atoms with van der Waals surface area (Å²) >= 11 is 0. The van der Waals surface area contributed by atoms with Gasteiger partial charge in [-0.2, -0.15) is 13.2 Å². The van der Waals surface area contributed by atoms with E-state index < -0.39 is 17.8 Å². The largest absolute Gasteiger partial charge is 0.488 e. The monoisotopic (exact) mass is 435 g/mol. The van der Waals surface area contributed by atoms with Crippen molar-refractivity contribution in [2.45, 2.75) is 37.8 Å². The fourth-order valence-corrected chi connectivity index (χ4v) is 4.97. The summed E-state index contributed by atoms with van der Waals surface area (Å²) in [4.78, 5) is 2.18. The van der Waals surface area contributed by atoms with Gasteiger partial charge in [-0.05, 0) is 48.4 Å². The topological polar surface area (TPSA) is 51.2 Å². The van der Waals surface area contributed by atoms with E-state index in [9.17, 15) is 18.3 Å². The van der Waals surface area contributed by atoms with Gasteiger partial charge < -0.3 is 19.3 Å². The highest BCUT2D eigenvalue weighted by molar-refractivity contribution is 5.47. The summed E-state index contributed by atoms with van der Waals surface area (Å²) in [7, 11) is 0. The predicted octanol–water partition coefficient (Wildman–Crippen LogP) is 4.08. The van der Waals surface area contributed by atoms with Crippen LogP contribution in [0.1, 0.15) is 24.0 Å². The van der Waals surface area contributed by atoms with E-state index in [1.807, 2.05) is 0 Å². The van der Waals surface area contributed by atoms with Crippen LogP contribution in [-0.2, 0) is 12.7 Å². The molecule has 0 amide bonds. The first-order chi connectivity index (χ1) is 14.8. The molecule has 2 heterocycles. The van der Waals surface area contributed by atoms with Crippen LogP contribution < -0.4 is 14.2 Å². The number of nitrogens with zero attached hydrogens (tertiary/aromatic N) is 1. The Hall–Kier alpha value is -2.45. The van der Waals surface area contributed by atoms with Crippen LogP contribution in [0.2, 0.25) is 0 Å². The number of aliphatic hydroxyl groups is 1. The summed E-state index contributed by atoms with van der Waals surface area (Å²) in [6.45, 7) is 2.22. The van der Waals surface area contributed by atoms with Gasteiger partial charge in [0.2, 0.25) is 6.79 Å². The zero-order chi connectivity index (χ0) is 21.6. The van der Waals surface area contributed by atoms with Gasteiger partial charge >= 0.3 is 6.18 Å². The van der Waals surface area contributed by atoms with Crippen LogP contribution in [0.4, 0.5) is 13.2 Å². The number of ether oxygens (including phenoxy) is 3. The van der Waals surface area contributed by atoms with Gasteiger partial charge in [0.25, 0.3) is 0 Å². The molecule has 31 heavy (non-hydrogen) atoms. The molecule has 0 bridgehead atoms. The van der Waals surface area contributed by atoms with Gasteiger partial charge in [0.1, 0.15) is 11.9 Å². The molecule has 1 saturated heterocycles. The fraction of sp³-hybridized carbons (Fsp3) is 0.478. The van der Waals surface area contributed by atoms with E-state index in [4.69, 9.17) is 14.2 Å². The molecule has 8 heteroatoms. The van der Waals surface area contributed by atoms with E-state index in [1.54, 1.807) is 24.3 Å². The number of aliphatic hydroxyl groups excluding tert-OH is 1. The van der Waals surface area contributed by atoms with E-state index >= 15 is 0 Å². The molecule has 4 atom stereocenters. The van der Waals surface area contributed by atoms with E-state index in [0.29, 0.717) is 54.0 Å². The number of alkyl halides is 3. The van der Waals surface area contributed by atoms with Crippen molar-refractivity contribution in [2.24, 2.45) is 11.8 Å². The predicted molar refractivity (Wildman–Crippen MR) is 106 cm³/mol. The molecule has 2 aliphatic heterocycles. The Labute approximate surface area is 178 Å². The first kappa shape index (κ1) is 20.5. The van der Waals surface area contributed by atoms with Crippen LogP contribution in [0.3, 0.4) is 0 Å². The minimum Gasteiger partial charge on any atom is -0.488 e. The van der Waals surface area contributed by atoms with Gasteiger partial charge in [-0.15, -0.1) is 0 Å². The summed E-state index contributed by atoms with van der Waals surface area (Å²) in [5.74, 6) is 2.60. The molecule has 1 aliphatic carbocycles. The number of hydrogen-bond acceptors (Lipinski definition) is 5. The number of halogens is 3. The number of rotatable bonds is 4. The summed E-state index contributed by atoms with van der Waals surface area (Å²) in [6, 6.07) is 10.9. The number of benzene rings is 2. The molecule has 0 radical (unpaired) electrons. The van der Waals surface area contributed by atoms with Gasteiger partial charge in [0, 0.05) is 25.7 Å². The third kappa shape index (κ3) is 4.32. The van der Waals surface area contributed by atoms with E-state index in [1.165, 1.54) is 12.1 Å². The lowest BCUT2D eigenvalue weighted by Crippen LogP contribution is -2.42. The van der Waals surface area contributed by atoms with Crippen molar-refractivity contribution in [3.05, 3.63) is 53.6 Å².